The molecule has 0 aliphatic carbocycles. The van der Waals surface area contributed by atoms with Crippen molar-refractivity contribution in [3.05, 3.63) is 40.2 Å². The van der Waals surface area contributed by atoms with Gasteiger partial charge in [-0.3, -0.25) is 4.79 Å². The second kappa shape index (κ2) is 7.49. The van der Waals surface area contributed by atoms with E-state index in [1.54, 1.807) is 12.3 Å². The lowest BCUT2D eigenvalue weighted by Gasteiger charge is -2.26. The number of aryl methyl sites for hydroxylation is 1. The van der Waals surface area contributed by atoms with E-state index in [1.165, 1.54) is 19.3 Å². The van der Waals surface area contributed by atoms with Crippen LogP contribution in [0.2, 0.25) is 0 Å². The number of piperidine rings is 1. The highest BCUT2D eigenvalue weighted by Gasteiger charge is 2.11. The van der Waals surface area contributed by atoms with Crippen LogP contribution in [-0.2, 0) is 0 Å². The number of carbonyl (C=O) groups excluding carboxylic acids is 1. The molecular weight excluding hydrogens is 304 g/mol. The standard InChI is InChI=1S/C18H24N4O2/c1-13-6-5-7-14-16(13)20-12-15(17(14)23)21-18(24)19-8-11-22-9-3-2-4-10-22/h5-7,12H,2-4,8-11H2,1H3,(H,20,23)(H2,19,21,24). The first-order valence-corrected chi connectivity index (χ1v) is 8.53. The second-order valence-electron chi connectivity index (χ2n) is 6.31. The maximum atomic E-state index is 12.5. The number of benzene rings is 1. The molecule has 1 fully saturated rings. The lowest BCUT2D eigenvalue weighted by atomic mass is 10.1. The van der Waals surface area contributed by atoms with E-state index in [1.807, 2.05) is 19.1 Å². The number of H-pyrrole nitrogens is 1. The van der Waals surface area contributed by atoms with Crippen LogP contribution < -0.4 is 16.1 Å². The molecule has 2 heterocycles. The Kier molecular flexibility index (Phi) is 5.15. The number of para-hydroxylation sites is 1. The highest BCUT2D eigenvalue weighted by molar-refractivity contribution is 5.92. The van der Waals surface area contributed by atoms with Crippen LogP contribution in [0.3, 0.4) is 0 Å². The van der Waals surface area contributed by atoms with Crippen molar-refractivity contribution >= 4 is 22.6 Å². The highest BCUT2D eigenvalue weighted by atomic mass is 16.2. The zero-order valence-corrected chi connectivity index (χ0v) is 14.0. The van der Waals surface area contributed by atoms with Crippen LogP contribution in [-0.4, -0.2) is 42.1 Å². The second-order valence-corrected chi connectivity index (χ2v) is 6.31. The minimum absolute atomic E-state index is 0.168. The summed E-state index contributed by atoms with van der Waals surface area (Å²) in [5.41, 5.74) is 1.91. The molecule has 1 aliphatic rings. The van der Waals surface area contributed by atoms with Gasteiger partial charge >= 0.3 is 6.03 Å². The number of likely N-dealkylation sites (tertiary alicyclic amines) is 1. The third kappa shape index (κ3) is 3.76. The quantitative estimate of drug-likeness (QED) is 0.807. The molecule has 0 unspecified atom stereocenters. The summed E-state index contributed by atoms with van der Waals surface area (Å²) in [5.74, 6) is 0. The van der Waals surface area contributed by atoms with Crippen molar-refractivity contribution in [1.29, 1.82) is 0 Å². The Morgan fingerprint density at radius 1 is 1.25 bits per heavy atom. The third-order valence-corrected chi connectivity index (χ3v) is 4.53. The van der Waals surface area contributed by atoms with Crippen LogP contribution in [0.1, 0.15) is 24.8 Å². The molecule has 2 amide bonds. The first-order valence-electron chi connectivity index (χ1n) is 8.53. The number of hydrogen-bond acceptors (Lipinski definition) is 3. The normalized spacial score (nSPS) is 15.4. The number of aromatic nitrogens is 1. The fourth-order valence-electron chi connectivity index (χ4n) is 3.17. The highest BCUT2D eigenvalue weighted by Crippen LogP contribution is 2.14. The maximum Gasteiger partial charge on any atom is 0.319 e. The number of amides is 2. The van der Waals surface area contributed by atoms with Gasteiger partial charge in [0.25, 0.3) is 0 Å². The molecular formula is C18H24N4O2. The number of anilines is 1. The molecule has 1 aromatic heterocycles. The Morgan fingerprint density at radius 3 is 2.83 bits per heavy atom. The number of fused-ring (bicyclic) bond motifs is 1. The largest absolute Gasteiger partial charge is 0.359 e. The molecule has 0 saturated carbocycles. The molecule has 0 bridgehead atoms. The molecule has 0 radical (unpaired) electrons. The zero-order chi connectivity index (χ0) is 16.9. The van der Waals surface area contributed by atoms with Gasteiger partial charge in [0.2, 0.25) is 5.43 Å². The van der Waals surface area contributed by atoms with Gasteiger partial charge in [-0.2, -0.15) is 0 Å². The third-order valence-electron chi connectivity index (χ3n) is 4.53. The minimum Gasteiger partial charge on any atom is -0.359 e. The molecule has 128 valence electrons. The van der Waals surface area contributed by atoms with Gasteiger partial charge in [0, 0.05) is 24.7 Å². The van der Waals surface area contributed by atoms with Gasteiger partial charge in [-0.25, -0.2) is 4.79 Å². The molecule has 0 atom stereocenters. The van der Waals surface area contributed by atoms with E-state index < -0.39 is 0 Å². The SMILES string of the molecule is Cc1cccc2c(=O)c(NC(=O)NCCN3CCCCC3)c[nH]c12. The van der Waals surface area contributed by atoms with E-state index in [0.717, 1.165) is 30.7 Å². The van der Waals surface area contributed by atoms with E-state index in [9.17, 15) is 9.59 Å². The number of rotatable bonds is 4. The molecule has 3 N–H and O–H groups in total. The van der Waals surface area contributed by atoms with Crippen molar-refractivity contribution in [1.82, 2.24) is 15.2 Å². The Bertz CT molecular complexity index is 778. The molecule has 1 aliphatic heterocycles. The Hall–Kier alpha value is -2.34. The van der Waals surface area contributed by atoms with E-state index in [0.29, 0.717) is 11.9 Å². The number of aromatic amines is 1. The van der Waals surface area contributed by atoms with Gasteiger partial charge < -0.3 is 20.5 Å². The molecule has 2 aromatic rings. The van der Waals surface area contributed by atoms with Crippen molar-refractivity contribution in [3.8, 4) is 0 Å². The van der Waals surface area contributed by atoms with Crippen LogP contribution in [0.25, 0.3) is 10.9 Å². The summed E-state index contributed by atoms with van der Waals surface area (Å²) >= 11 is 0. The fraction of sp³-hybridized carbons (Fsp3) is 0.444. The molecule has 6 heteroatoms. The topological polar surface area (TPSA) is 77.2 Å². The lowest BCUT2D eigenvalue weighted by Crippen LogP contribution is -2.39. The van der Waals surface area contributed by atoms with Gasteiger partial charge in [0.1, 0.15) is 5.69 Å². The van der Waals surface area contributed by atoms with Crippen molar-refractivity contribution in [2.75, 3.05) is 31.5 Å². The minimum atomic E-state index is -0.343. The number of nitrogens with zero attached hydrogens (tertiary/aromatic N) is 1. The summed E-state index contributed by atoms with van der Waals surface area (Å²) in [5, 5.41) is 6.05. The smallest absolute Gasteiger partial charge is 0.319 e. The summed E-state index contributed by atoms with van der Waals surface area (Å²) in [6, 6.07) is 5.21. The van der Waals surface area contributed by atoms with Crippen LogP contribution in [0.5, 0.6) is 0 Å². The van der Waals surface area contributed by atoms with E-state index >= 15 is 0 Å². The number of urea groups is 1. The first-order chi connectivity index (χ1) is 11.6. The van der Waals surface area contributed by atoms with Crippen LogP contribution >= 0.6 is 0 Å². The maximum absolute atomic E-state index is 12.5. The summed E-state index contributed by atoms with van der Waals surface area (Å²) in [7, 11) is 0. The van der Waals surface area contributed by atoms with Crippen LogP contribution in [0.4, 0.5) is 10.5 Å². The summed E-state index contributed by atoms with van der Waals surface area (Å²) in [6.45, 7) is 5.58. The van der Waals surface area contributed by atoms with Crippen molar-refractivity contribution < 1.29 is 4.79 Å². The van der Waals surface area contributed by atoms with Gasteiger partial charge in [-0.1, -0.05) is 18.6 Å². The number of carbonyl (C=O) groups is 1. The van der Waals surface area contributed by atoms with E-state index in [4.69, 9.17) is 0 Å². The van der Waals surface area contributed by atoms with Gasteiger partial charge in [0.05, 0.1) is 5.52 Å². The number of hydrogen-bond donors (Lipinski definition) is 3. The molecule has 6 nitrogen and oxygen atoms in total. The Balaban J connectivity index is 1.59. The predicted octanol–water partition coefficient (Wildman–Crippen LogP) is 2.44. The van der Waals surface area contributed by atoms with Gasteiger partial charge in [-0.15, -0.1) is 0 Å². The van der Waals surface area contributed by atoms with Crippen LogP contribution in [0, 0.1) is 6.92 Å². The molecule has 24 heavy (non-hydrogen) atoms. The van der Waals surface area contributed by atoms with E-state index in [-0.39, 0.29) is 17.1 Å². The van der Waals surface area contributed by atoms with Crippen molar-refractivity contribution in [2.24, 2.45) is 0 Å². The van der Waals surface area contributed by atoms with Crippen molar-refractivity contribution in [2.45, 2.75) is 26.2 Å². The fourth-order valence-corrected chi connectivity index (χ4v) is 3.17. The summed E-state index contributed by atoms with van der Waals surface area (Å²) < 4.78 is 0. The average molecular weight is 328 g/mol. The first kappa shape index (κ1) is 16.5. The van der Waals surface area contributed by atoms with E-state index in [2.05, 4.69) is 20.5 Å². The lowest BCUT2D eigenvalue weighted by molar-refractivity contribution is 0.224. The Labute approximate surface area is 141 Å². The molecule has 1 saturated heterocycles. The van der Waals surface area contributed by atoms with Crippen molar-refractivity contribution in [3.63, 3.8) is 0 Å². The molecule has 1 aromatic carbocycles. The molecule has 0 spiro atoms. The van der Waals surface area contributed by atoms with Gasteiger partial charge in [-0.05, 0) is 44.5 Å². The summed E-state index contributed by atoms with van der Waals surface area (Å²) in [6.07, 6.45) is 5.33. The monoisotopic (exact) mass is 328 g/mol. The predicted molar refractivity (Wildman–Crippen MR) is 96.6 cm³/mol. The Morgan fingerprint density at radius 2 is 2.04 bits per heavy atom. The molecule has 3 rings (SSSR count). The zero-order valence-electron chi connectivity index (χ0n) is 14.0. The van der Waals surface area contributed by atoms with Gasteiger partial charge in [0.15, 0.2) is 0 Å². The number of pyridine rings is 1. The summed E-state index contributed by atoms with van der Waals surface area (Å²) in [4.78, 5) is 29.9. The number of nitrogens with one attached hydrogen (secondary N) is 3. The van der Waals surface area contributed by atoms with Crippen LogP contribution in [0.15, 0.2) is 29.2 Å². The average Bonchev–Trinajstić information content (AvgIpc) is 2.59.